The van der Waals surface area contributed by atoms with Gasteiger partial charge >= 0.3 is 0 Å². The second kappa shape index (κ2) is 9.28. The minimum absolute atomic E-state index is 0.0478. The molecule has 2 heterocycles. The Labute approximate surface area is 183 Å². The van der Waals surface area contributed by atoms with E-state index in [0.717, 1.165) is 21.5 Å². The molecule has 0 aliphatic carbocycles. The van der Waals surface area contributed by atoms with Gasteiger partial charge in [0.25, 0.3) is 0 Å². The van der Waals surface area contributed by atoms with Gasteiger partial charge in [0.2, 0.25) is 11.8 Å². The van der Waals surface area contributed by atoms with E-state index in [9.17, 15) is 9.59 Å². The van der Waals surface area contributed by atoms with Crippen molar-refractivity contribution in [3.8, 4) is 0 Å². The quantitative estimate of drug-likeness (QED) is 0.542. The van der Waals surface area contributed by atoms with Crippen molar-refractivity contribution in [3.05, 3.63) is 82.7 Å². The monoisotopic (exact) mass is 468 g/mol. The third-order valence-corrected chi connectivity index (χ3v) is 5.40. The summed E-state index contributed by atoms with van der Waals surface area (Å²) in [5.41, 5.74) is 2.42. The summed E-state index contributed by atoms with van der Waals surface area (Å²) >= 11 is 3.42. The highest BCUT2D eigenvalue weighted by molar-refractivity contribution is 9.10. The summed E-state index contributed by atoms with van der Waals surface area (Å²) in [6.45, 7) is 1.16. The lowest BCUT2D eigenvalue weighted by atomic mass is 10.1. The number of carbonyl (C=O) groups is 2. The van der Waals surface area contributed by atoms with Crippen molar-refractivity contribution < 1.29 is 18.7 Å². The fourth-order valence-corrected chi connectivity index (χ4v) is 3.81. The molecular formula is C23H21BrN2O4. The highest BCUT2D eigenvalue weighted by Gasteiger charge is 2.35. The maximum atomic E-state index is 12.7. The van der Waals surface area contributed by atoms with E-state index in [4.69, 9.17) is 9.15 Å². The number of rotatable bonds is 7. The molecular weight excluding hydrogens is 448 g/mol. The third kappa shape index (κ3) is 4.98. The van der Waals surface area contributed by atoms with Crippen LogP contribution in [0.1, 0.15) is 17.7 Å². The van der Waals surface area contributed by atoms with Crippen LogP contribution in [0, 0.1) is 5.92 Å². The van der Waals surface area contributed by atoms with Gasteiger partial charge in [-0.1, -0.05) is 34.1 Å². The van der Waals surface area contributed by atoms with Crippen LogP contribution < -0.4 is 10.2 Å². The molecule has 154 valence electrons. The molecule has 2 aromatic carbocycles. The van der Waals surface area contributed by atoms with Gasteiger partial charge in [0.1, 0.15) is 12.4 Å². The van der Waals surface area contributed by atoms with Crippen molar-refractivity contribution in [3.63, 3.8) is 0 Å². The topological polar surface area (TPSA) is 71.8 Å². The predicted octanol–water partition coefficient (Wildman–Crippen LogP) is 4.75. The lowest BCUT2D eigenvalue weighted by molar-refractivity contribution is -0.122. The number of ether oxygens (including phenoxy) is 1. The SMILES string of the molecule is O=C(Nc1cccc(COCc2ccco2)c1)C1CC(=O)N(c2cccc(Br)c2)C1. The Balaban J connectivity index is 1.34. The smallest absolute Gasteiger partial charge is 0.229 e. The number of carbonyl (C=O) groups excluding carboxylic acids is 2. The fraction of sp³-hybridized carbons (Fsp3) is 0.217. The molecule has 4 rings (SSSR count). The molecule has 0 bridgehead atoms. The van der Waals surface area contributed by atoms with Gasteiger partial charge in [-0.2, -0.15) is 0 Å². The number of nitrogens with one attached hydrogen (secondary N) is 1. The zero-order chi connectivity index (χ0) is 20.9. The number of hydrogen-bond donors (Lipinski definition) is 1. The highest BCUT2D eigenvalue weighted by atomic mass is 79.9. The van der Waals surface area contributed by atoms with E-state index in [-0.39, 0.29) is 18.2 Å². The molecule has 2 amide bonds. The van der Waals surface area contributed by atoms with Gasteiger partial charge in [-0.25, -0.2) is 0 Å². The molecule has 0 spiro atoms. The molecule has 30 heavy (non-hydrogen) atoms. The van der Waals surface area contributed by atoms with E-state index in [2.05, 4.69) is 21.2 Å². The Morgan fingerprint density at radius 1 is 1.13 bits per heavy atom. The van der Waals surface area contributed by atoms with Gasteiger partial charge in [-0.3, -0.25) is 9.59 Å². The van der Waals surface area contributed by atoms with Crippen molar-refractivity contribution in [1.29, 1.82) is 0 Å². The molecule has 0 saturated carbocycles. The molecule has 3 aromatic rings. The summed E-state index contributed by atoms with van der Waals surface area (Å²) in [4.78, 5) is 26.8. The van der Waals surface area contributed by atoms with E-state index in [1.165, 1.54) is 0 Å². The Morgan fingerprint density at radius 2 is 2.00 bits per heavy atom. The molecule has 1 saturated heterocycles. The molecule has 1 N–H and O–H groups in total. The third-order valence-electron chi connectivity index (χ3n) is 4.90. The van der Waals surface area contributed by atoms with Crippen LogP contribution in [0.15, 0.2) is 75.8 Å². The van der Waals surface area contributed by atoms with Crippen molar-refractivity contribution in [2.45, 2.75) is 19.6 Å². The molecule has 1 unspecified atom stereocenters. The Bertz CT molecular complexity index is 1040. The Kier molecular flexibility index (Phi) is 6.30. The summed E-state index contributed by atoms with van der Waals surface area (Å²) in [5.74, 6) is 0.165. The molecule has 0 radical (unpaired) electrons. The maximum Gasteiger partial charge on any atom is 0.229 e. The van der Waals surface area contributed by atoms with Crippen LogP contribution in [-0.4, -0.2) is 18.4 Å². The van der Waals surface area contributed by atoms with Crippen LogP contribution in [0.4, 0.5) is 11.4 Å². The second-order valence-corrected chi connectivity index (χ2v) is 8.06. The molecule has 1 aromatic heterocycles. The summed E-state index contributed by atoms with van der Waals surface area (Å²) in [6.07, 6.45) is 1.81. The van der Waals surface area contributed by atoms with Gasteiger partial charge in [0.05, 0.1) is 18.8 Å². The minimum atomic E-state index is -0.393. The van der Waals surface area contributed by atoms with Gasteiger partial charge in [-0.15, -0.1) is 0 Å². The maximum absolute atomic E-state index is 12.7. The van der Waals surface area contributed by atoms with Crippen molar-refractivity contribution in [1.82, 2.24) is 0 Å². The Morgan fingerprint density at radius 3 is 2.80 bits per heavy atom. The summed E-state index contributed by atoms with van der Waals surface area (Å²) in [7, 11) is 0. The van der Waals surface area contributed by atoms with E-state index >= 15 is 0 Å². The number of nitrogens with zero attached hydrogens (tertiary/aromatic N) is 1. The standard InChI is InChI=1S/C23H21BrN2O4/c24-18-5-2-7-20(12-18)26-13-17(11-22(26)27)23(28)25-19-6-1-4-16(10-19)14-29-15-21-8-3-9-30-21/h1-10,12,17H,11,13-15H2,(H,25,28). The zero-order valence-electron chi connectivity index (χ0n) is 16.2. The first-order valence-electron chi connectivity index (χ1n) is 9.64. The van der Waals surface area contributed by atoms with Gasteiger partial charge in [0, 0.05) is 28.8 Å². The van der Waals surface area contributed by atoms with Crippen LogP contribution in [0.5, 0.6) is 0 Å². The van der Waals surface area contributed by atoms with E-state index in [1.54, 1.807) is 11.2 Å². The number of anilines is 2. The number of benzene rings is 2. The van der Waals surface area contributed by atoms with Crippen LogP contribution in [0.3, 0.4) is 0 Å². The van der Waals surface area contributed by atoms with Gasteiger partial charge in [-0.05, 0) is 48.0 Å². The first-order chi connectivity index (χ1) is 14.6. The lowest BCUT2D eigenvalue weighted by Gasteiger charge is -2.17. The highest BCUT2D eigenvalue weighted by Crippen LogP contribution is 2.28. The predicted molar refractivity (Wildman–Crippen MR) is 117 cm³/mol. The molecule has 6 nitrogen and oxygen atoms in total. The molecule has 7 heteroatoms. The number of furan rings is 1. The Hall–Kier alpha value is -2.90. The minimum Gasteiger partial charge on any atom is -0.467 e. The fourth-order valence-electron chi connectivity index (χ4n) is 3.42. The largest absolute Gasteiger partial charge is 0.467 e. The molecule has 1 aliphatic rings. The van der Waals surface area contributed by atoms with E-state index in [0.29, 0.717) is 25.4 Å². The molecule has 1 aliphatic heterocycles. The second-order valence-electron chi connectivity index (χ2n) is 7.15. The average Bonchev–Trinajstić information content (AvgIpc) is 3.38. The first-order valence-corrected chi connectivity index (χ1v) is 10.4. The van der Waals surface area contributed by atoms with Crippen molar-refractivity contribution >= 4 is 39.1 Å². The average molecular weight is 469 g/mol. The first kappa shape index (κ1) is 20.4. The van der Waals surface area contributed by atoms with Gasteiger partial charge < -0.3 is 19.4 Å². The molecule has 1 atom stereocenters. The summed E-state index contributed by atoms with van der Waals surface area (Å²) < 4.78 is 11.8. The van der Waals surface area contributed by atoms with Crippen LogP contribution in [-0.2, 0) is 27.5 Å². The van der Waals surface area contributed by atoms with E-state index in [1.807, 2.05) is 60.7 Å². The van der Waals surface area contributed by atoms with Crippen LogP contribution in [0.2, 0.25) is 0 Å². The van der Waals surface area contributed by atoms with Crippen molar-refractivity contribution in [2.75, 3.05) is 16.8 Å². The van der Waals surface area contributed by atoms with Gasteiger partial charge in [0.15, 0.2) is 0 Å². The number of amides is 2. The zero-order valence-corrected chi connectivity index (χ0v) is 17.8. The number of hydrogen-bond acceptors (Lipinski definition) is 4. The van der Waals surface area contributed by atoms with Crippen LogP contribution >= 0.6 is 15.9 Å². The normalized spacial score (nSPS) is 16.1. The summed E-state index contributed by atoms with van der Waals surface area (Å²) in [5, 5.41) is 2.93. The molecule has 1 fully saturated rings. The van der Waals surface area contributed by atoms with E-state index < -0.39 is 5.92 Å². The lowest BCUT2D eigenvalue weighted by Crippen LogP contribution is -2.28. The van der Waals surface area contributed by atoms with Crippen molar-refractivity contribution in [2.24, 2.45) is 5.92 Å². The summed E-state index contributed by atoms with van der Waals surface area (Å²) in [6, 6.07) is 18.7. The van der Waals surface area contributed by atoms with Crippen LogP contribution in [0.25, 0.3) is 0 Å². The number of halogens is 1.